The lowest BCUT2D eigenvalue weighted by Gasteiger charge is -2.08. The van der Waals surface area contributed by atoms with Crippen molar-refractivity contribution in [3.05, 3.63) is 39.4 Å². The highest BCUT2D eigenvalue weighted by Crippen LogP contribution is 2.30. The van der Waals surface area contributed by atoms with Crippen molar-refractivity contribution in [1.29, 1.82) is 0 Å². The lowest BCUT2D eigenvalue weighted by Crippen LogP contribution is -1.88. The van der Waals surface area contributed by atoms with Gasteiger partial charge in [-0.05, 0) is 36.6 Å². The summed E-state index contributed by atoms with van der Waals surface area (Å²) in [5, 5.41) is 1.23. The third-order valence-corrected chi connectivity index (χ3v) is 2.92. The summed E-state index contributed by atoms with van der Waals surface area (Å²) in [4.78, 5) is 0. The molecule has 1 aromatic carbocycles. The molecule has 0 saturated heterocycles. The molecule has 12 heavy (non-hydrogen) atoms. The first-order chi connectivity index (χ1) is 5.57. The molecule has 2 heteroatoms. The van der Waals surface area contributed by atoms with E-state index in [9.17, 15) is 0 Å². The summed E-state index contributed by atoms with van der Waals surface area (Å²) in [5.41, 5.74) is 3.21. The van der Waals surface area contributed by atoms with Gasteiger partial charge in [0.2, 0.25) is 0 Å². The first-order valence-electron chi connectivity index (χ1n) is 3.65. The van der Waals surface area contributed by atoms with Crippen molar-refractivity contribution >= 4 is 29.3 Å². The fraction of sp³-hybridized carbons (Fsp3) is 0.200. The zero-order valence-corrected chi connectivity index (χ0v) is 8.63. The van der Waals surface area contributed by atoms with Crippen LogP contribution in [0, 0.1) is 13.8 Å². The van der Waals surface area contributed by atoms with Crippen molar-refractivity contribution in [1.82, 2.24) is 0 Å². The minimum atomic E-state index is 0.592. The molecule has 0 heterocycles. The van der Waals surface area contributed by atoms with Gasteiger partial charge in [0.05, 0.1) is 10.0 Å². The number of hydrogen-bond acceptors (Lipinski definition) is 0. The molecule has 0 aliphatic heterocycles. The Morgan fingerprint density at radius 3 is 2.33 bits per heavy atom. The number of rotatable bonds is 1. The van der Waals surface area contributed by atoms with E-state index in [1.165, 1.54) is 0 Å². The maximum atomic E-state index is 5.95. The predicted octanol–water partition coefficient (Wildman–Crippen LogP) is 4.25. The molecule has 0 aliphatic rings. The largest absolute Gasteiger partial charge is 0.0985 e. The van der Waals surface area contributed by atoms with Crippen LogP contribution in [0.15, 0.2) is 12.6 Å². The summed E-state index contributed by atoms with van der Waals surface area (Å²) in [7, 11) is 0. The van der Waals surface area contributed by atoms with Crippen molar-refractivity contribution < 1.29 is 0 Å². The Labute approximate surface area is 82.8 Å². The lowest BCUT2D eigenvalue weighted by atomic mass is 10.0. The third kappa shape index (κ3) is 1.50. The van der Waals surface area contributed by atoms with Crippen LogP contribution in [-0.2, 0) is 0 Å². The van der Waals surface area contributed by atoms with E-state index in [1.807, 2.05) is 19.9 Å². The second-order valence-electron chi connectivity index (χ2n) is 2.72. The molecule has 0 amide bonds. The highest BCUT2D eigenvalue weighted by molar-refractivity contribution is 6.42. The molecule has 0 nitrogen and oxygen atoms in total. The summed E-state index contributed by atoms with van der Waals surface area (Å²) in [6, 6.07) is 1.83. The van der Waals surface area contributed by atoms with Crippen molar-refractivity contribution in [3.8, 4) is 0 Å². The summed E-state index contributed by atoms with van der Waals surface area (Å²) in [6.45, 7) is 7.67. The average Bonchev–Trinajstić information content (AvgIpc) is 2.08. The maximum Gasteiger partial charge on any atom is 0.0624 e. The van der Waals surface area contributed by atoms with E-state index >= 15 is 0 Å². The molecule has 0 radical (unpaired) electrons. The van der Waals surface area contributed by atoms with E-state index in [-0.39, 0.29) is 0 Å². The Morgan fingerprint density at radius 2 is 1.83 bits per heavy atom. The summed E-state index contributed by atoms with van der Waals surface area (Å²) in [5.74, 6) is 0. The van der Waals surface area contributed by atoms with Gasteiger partial charge in [-0.1, -0.05) is 35.9 Å². The van der Waals surface area contributed by atoms with Gasteiger partial charge in [0.1, 0.15) is 0 Å². The van der Waals surface area contributed by atoms with Crippen molar-refractivity contribution in [2.75, 3.05) is 0 Å². The molecule has 0 aromatic heterocycles. The topological polar surface area (TPSA) is 0 Å². The Hall–Kier alpha value is -0.460. The SMILES string of the molecule is C=Cc1cc(Cl)c(Cl)c(C)c1C. The van der Waals surface area contributed by atoms with Crippen LogP contribution >= 0.6 is 23.2 Å². The normalized spacial score (nSPS) is 10.0. The standard InChI is InChI=1S/C10H10Cl2/c1-4-8-5-9(11)10(12)7(3)6(8)2/h4-5H,1H2,2-3H3. The number of benzene rings is 1. The molecule has 1 rings (SSSR count). The molecule has 0 aliphatic carbocycles. The predicted molar refractivity (Wildman–Crippen MR) is 56.0 cm³/mol. The molecule has 1 aromatic rings. The monoisotopic (exact) mass is 200 g/mol. The van der Waals surface area contributed by atoms with Crippen LogP contribution in [0.1, 0.15) is 16.7 Å². The zero-order chi connectivity index (χ0) is 9.30. The molecule has 0 unspecified atom stereocenters. The van der Waals surface area contributed by atoms with Gasteiger partial charge in [-0.3, -0.25) is 0 Å². The Morgan fingerprint density at radius 1 is 1.25 bits per heavy atom. The fourth-order valence-electron chi connectivity index (χ4n) is 1.08. The van der Waals surface area contributed by atoms with Gasteiger partial charge >= 0.3 is 0 Å². The third-order valence-electron chi connectivity index (χ3n) is 2.04. The van der Waals surface area contributed by atoms with Crippen molar-refractivity contribution in [2.45, 2.75) is 13.8 Å². The molecule has 0 N–H and O–H groups in total. The Bertz CT molecular complexity index is 327. The summed E-state index contributed by atoms with van der Waals surface area (Å²) >= 11 is 11.8. The van der Waals surface area contributed by atoms with Gasteiger partial charge < -0.3 is 0 Å². The first kappa shape index (κ1) is 9.63. The van der Waals surface area contributed by atoms with Gasteiger partial charge in [-0.25, -0.2) is 0 Å². The van der Waals surface area contributed by atoms with Crippen LogP contribution in [-0.4, -0.2) is 0 Å². The van der Waals surface area contributed by atoms with Gasteiger partial charge in [-0.2, -0.15) is 0 Å². The van der Waals surface area contributed by atoms with Crippen molar-refractivity contribution in [3.63, 3.8) is 0 Å². The average molecular weight is 201 g/mol. The van der Waals surface area contributed by atoms with Gasteiger partial charge in [0.25, 0.3) is 0 Å². The fourth-order valence-corrected chi connectivity index (χ4v) is 1.54. The number of hydrogen-bond donors (Lipinski definition) is 0. The van der Waals surface area contributed by atoms with E-state index in [2.05, 4.69) is 6.58 Å². The minimum absolute atomic E-state index is 0.592. The maximum absolute atomic E-state index is 5.95. The van der Waals surface area contributed by atoms with Gasteiger partial charge in [0.15, 0.2) is 0 Å². The molecule has 0 spiro atoms. The second-order valence-corrected chi connectivity index (χ2v) is 3.50. The molecule has 0 saturated carbocycles. The molecular weight excluding hydrogens is 191 g/mol. The van der Waals surface area contributed by atoms with Crippen molar-refractivity contribution in [2.24, 2.45) is 0 Å². The van der Waals surface area contributed by atoms with E-state index < -0.39 is 0 Å². The van der Waals surface area contributed by atoms with Crippen LogP contribution in [0.3, 0.4) is 0 Å². The molecule has 0 bridgehead atoms. The van der Waals surface area contributed by atoms with E-state index in [4.69, 9.17) is 23.2 Å². The van der Waals surface area contributed by atoms with E-state index in [1.54, 1.807) is 6.08 Å². The smallest absolute Gasteiger partial charge is 0.0624 e. The van der Waals surface area contributed by atoms with E-state index in [0.717, 1.165) is 16.7 Å². The van der Waals surface area contributed by atoms with Crippen LogP contribution in [0.4, 0.5) is 0 Å². The number of halogens is 2. The molecular formula is C10H10Cl2. The zero-order valence-electron chi connectivity index (χ0n) is 7.12. The highest BCUT2D eigenvalue weighted by atomic mass is 35.5. The first-order valence-corrected chi connectivity index (χ1v) is 4.41. The van der Waals surface area contributed by atoms with E-state index in [0.29, 0.717) is 10.0 Å². The van der Waals surface area contributed by atoms with Crippen LogP contribution in [0.5, 0.6) is 0 Å². The Kier molecular flexibility index (Phi) is 2.81. The molecule has 0 atom stereocenters. The van der Waals surface area contributed by atoms with Crippen LogP contribution in [0.25, 0.3) is 6.08 Å². The van der Waals surface area contributed by atoms with Gasteiger partial charge in [0, 0.05) is 0 Å². The quantitative estimate of drug-likeness (QED) is 0.636. The highest BCUT2D eigenvalue weighted by Gasteiger charge is 2.06. The second kappa shape index (κ2) is 3.51. The lowest BCUT2D eigenvalue weighted by molar-refractivity contribution is 1.33. The van der Waals surface area contributed by atoms with Crippen LogP contribution in [0.2, 0.25) is 10.0 Å². The summed E-state index contributed by atoms with van der Waals surface area (Å²) < 4.78 is 0. The minimum Gasteiger partial charge on any atom is -0.0985 e. The van der Waals surface area contributed by atoms with Gasteiger partial charge in [-0.15, -0.1) is 0 Å². The molecule has 64 valence electrons. The van der Waals surface area contributed by atoms with Crippen LogP contribution < -0.4 is 0 Å². The molecule has 0 fully saturated rings. The summed E-state index contributed by atoms with van der Waals surface area (Å²) in [6.07, 6.45) is 1.78. The Balaban J connectivity index is 3.49.